The summed E-state index contributed by atoms with van der Waals surface area (Å²) in [6.45, 7) is 0. The quantitative estimate of drug-likeness (QED) is 0.856. The summed E-state index contributed by atoms with van der Waals surface area (Å²) < 4.78 is 15.6. The first-order chi connectivity index (χ1) is 10.1. The third-order valence-corrected chi connectivity index (χ3v) is 2.66. The highest BCUT2D eigenvalue weighted by Gasteiger charge is 2.18. The van der Waals surface area contributed by atoms with Gasteiger partial charge in [0.2, 0.25) is 5.75 Å². The fourth-order valence-corrected chi connectivity index (χ4v) is 1.72. The number of nitrogens with one attached hydrogen (secondary N) is 1. The van der Waals surface area contributed by atoms with Crippen LogP contribution in [0.1, 0.15) is 10.4 Å². The lowest BCUT2D eigenvalue weighted by Gasteiger charge is -2.13. The lowest BCUT2D eigenvalue weighted by atomic mass is 10.1. The Labute approximate surface area is 120 Å². The Morgan fingerprint density at radius 1 is 1.14 bits per heavy atom. The Balaban J connectivity index is 2.32. The molecule has 1 heterocycles. The number of carbonyl (C=O) groups is 1. The summed E-state index contributed by atoms with van der Waals surface area (Å²) in [4.78, 5) is 13.4. The minimum Gasteiger partial charge on any atom is -0.493 e. The minimum atomic E-state index is -0.415. The number of hydrogen-bond acceptors (Lipinski definition) is 7. The number of aromatic nitrogens is 4. The van der Waals surface area contributed by atoms with Gasteiger partial charge in [0.05, 0.1) is 28.4 Å². The van der Waals surface area contributed by atoms with E-state index in [1.165, 1.54) is 38.3 Å². The Morgan fingerprint density at radius 3 is 2.19 bits per heavy atom. The second-order valence-electron chi connectivity index (χ2n) is 3.97. The molecule has 1 aromatic carbocycles. The third kappa shape index (κ3) is 3.02. The Bertz CT molecular complexity index is 630. The molecule has 2 aromatic rings. The number of nitrogens with zero attached hydrogens (tertiary/aromatic N) is 4. The minimum absolute atomic E-state index is 0.108. The normalized spacial score (nSPS) is 10.1. The smallest absolute Gasteiger partial charge is 0.270 e. The zero-order chi connectivity index (χ0) is 15.4. The largest absolute Gasteiger partial charge is 0.493 e. The topological polar surface area (TPSA) is 100 Å². The van der Waals surface area contributed by atoms with Gasteiger partial charge in [0.15, 0.2) is 11.5 Å². The molecular weight excluding hydrogens is 278 g/mol. The molecule has 0 aliphatic heterocycles. The molecule has 0 fully saturated rings. The van der Waals surface area contributed by atoms with Crippen molar-refractivity contribution >= 4 is 11.9 Å². The molecule has 0 aliphatic carbocycles. The summed E-state index contributed by atoms with van der Waals surface area (Å²) in [6, 6.07) is 3.07. The standard InChI is InChI=1S/C12H15N5O4/c1-17-15-12(14-16-17)13-11(18)7-5-8(19-2)10(21-4)9(6-7)20-3/h5-6H,1-4H3,(H,13,15,18). The van der Waals surface area contributed by atoms with E-state index in [0.29, 0.717) is 22.8 Å². The molecule has 0 radical (unpaired) electrons. The molecule has 9 nitrogen and oxygen atoms in total. The molecule has 0 aliphatic rings. The summed E-state index contributed by atoms with van der Waals surface area (Å²) >= 11 is 0. The van der Waals surface area contributed by atoms with Crippen molar-refractivity contribution in [1.29, 1.82) is 0 Å². The number of benzene rings is 1. The van der Waals surface area contributed by atoms with Crippen molar-refractivity contribution in [3.8, 4) is 17.2 Å². The number of anilines is 1. The van der Waals surface area contributed by atoms with Crippen molar-refractivity contribution in [3.63, 3.8) is 0 Å². The molecule has 0 bridgehead atoms. The molecule has 0 atom stereocenters. The van der Waals surface area contributed by atoms with E-state index in [4.69, 9.17) is 14.2 Å². The highest BCUT2D eigenvalue weighted by atomic mass is 16.5. The van der Waals surface area contributed by atoms with E-state index in [0.717, 1.165) is 0 Å². The van der Waals surface area contributed by atoms with E-state index in [-0.39, 0.29) is 5.95 Å². The van der Waals surface area contributed by atoms with Crippen LogP contribution < -0.4 is 19.5 Å². The Hall–Kier alpha value is -2.84. The first kappa shape index (κ1) is 14.6. The maximum atomic E-state index is 12.2. The van der Waals surface area contributed by atoms with Crippen LogP contribution in [0.15, 0.2) is 12.1 Å². The molecule has 0 unspecified atom stereocenters. The van der Waals surface area contributed by atoms with Crippen LogP contribution in [0.5, 0.6) is 17.2 Å². The van der Waals surface area contributed by atoms with Gasteiger partial charge in [0.1, 0.15) is 0 Å². The van der Waals surface area contributed by atoms with Crippen molar-refractivity contribution in [2.75, 3.05) is 26.6 Å². The molecule has 0 spiro atoms. The molecule has 0 saturated carbocycles. The average molecular weight is 293 g/mol. The van der Waals surface area contributed by atoms with Gasteiger partial charge >= 0.3 is 0 Å². The second-order valence-corrected chi connectivity index (χ2v) is 3.97. The lowest BCUT2D eigenvalue weighted by Crippen LogP contribution is -2.14. The Kier molecular flexibility index (Phi) is 4.21. The highest BCUT2D eigenvalue weighted by Crippen LogP contribution is 2.38. The summed E-state index contributed by atoms with van der Waals surface area (Å²) in [7, 11) is 6.04. The fourth-order valence-electron chi connectivity index (χ4n) is 1.72. The molecule has 9 heteroatoms. The summed E-state index contributed by atoms with van der Waals surface area (Å²) in [5.41, 5.74) is 0.317. The van der Waals surface area contributed by atoms with Gasteiger partial charge in [-0.05, 0) is 17.3 Å². The van der Waals surface area contributed by atoms with Gasteiger partial charge in [-0.1, -0.05) is 5.10 Å². The fraction of sp³-hybridized carbons (Fsp3) is 0.333. The van der Waals surface area contributed by atoms with Gasteiger partial charge in [0.25, 0.3) is 11.9 Å². The first-order valence-electron chi connectivity index (χ1n) is 5.94. The highest BCUT2D eigenvalue weighted by molar-refractivity contribution is 6.04. The average Bonchev–Trinajstić information content (AvgIpc) is 2.90. The molecule has 1 aromatic heterocycles. The van der Waals surface area contributed by atoms with Gasteiger partial charge in [-0.3, -0.25) is 10.1 Å². The molecule has 1 N–H and O–H groups in total. The monoisotopic (exact) mass is 293 g/mol. The van der Waals surface area contributed by atoms with Gasteiger partial charge < -0.3 is 14.2 Å². The third-order valence-electron chi connectivity index (χ3n) is 2.66. The first-order valence-corrected chi connectivity index (χ1v) is 5.94. The van der Waals surface area contributed by atoms with Gasteiger partial charge in [-0.25, -0.2) is 0 Å². The number of tetrazole rings is 1. The van der Waals surface area contributed by atoms with Gasteiger partial charge in [-0.2, -0.15) is 4.80 Å². The molecule has 112 valence electrons. The lowest BCUT2D eigenvalue weighted by molar-refractivity contribution is 0.102. The maximum absolute atomic E-state index is 12.2. The number of carbonyl (C=O) groups excluding carboxylic acids is 1. The van der Waals surface area contributed by atoms with Crippen molar-refractivity contribution in [2.24, 2.45) is 7.05 Å². The van der Waals surface area contributed by atoms with E-state index in [2.05, 4.69) is 20.7 Å². The molecule has 21 heavy (non-hydrogen) atoms. The van der Waals surface area contributed by atoms with Crippen molar-refractivity contribution in [1.82, 2.24) is 20.2 Å². The molecule has 1 amide bonds. The van der Waals surface area contributed by atoms with Crippen LogP contribution in [-0.2, 0) is 7.05 Å². The van der Waals surface area contributed by atoms with Crippen LogP contribution in [0, 0.1) is 0 Å². The number of amides is 1. The van der Waals surface area contributed by atoms with E-state index in [9.17, 15) is 4.79 Å². The predicted molar refractivity (Wildman–Crippen MR) is 72.8 cm³/mol. The molecule has 0 saturated heterocycles. The SMILES string of the molecule is COc1cc(C(=O)Nc2nnn(C)n2)cc(OC)c1OC. The summed E-state index contributed by atoms with van der Waals surface area (Å²) in [5.74, 6) is 0.871. The van der Waals surface area contributed by atoms with Crippen LogP contribution in [0.4, 0.5) is 5.95 Å². The maximum Gasteiger partial charge on any atom is 0.270 e. The van der Waals surface area contributed by atoms with Crippen molar-refractivity contribution in [3.05, 3.63) is 17.7 Å². The van der Waals surface area contributed by atoms with Crippen molar-refractivity contribution in [2.45, 2.75) is 0 Å². The van der Waals surface area contributed by atoms with E-state index >= 15 is 0 Å². The van der Waals surface area contributed by atoms with Crippen LogP contribution in [0.2, 0.25) is 0 Å². The number of aryl methyl sites for hydroxylation is 1. The van der Waals surface area contributed by atoms with Gasteiger partial charge in [0, 0.05) is 5.56 Å². The van der Waals surface area contributed by atoms with E-state index < -0.39 is 5.91 Å². The summed E-state index contributed by atoms with van der Waals surface area (Å²) in [5, 5.41) is 13.7. The predicted octanol–water partition coefficient (Wildman–Crippen LogP) is 0.488. The van der Waals surface area contributed by atoms with Gasteiger partial charge in [-0.15, -0.1) is 5.10 Å². The van der Waals surface area contributed by atoms with Crippen LogP contribution >= 0.6 is 0 Å². The molecular formula is C12H15N5O4. The molecule has 2 rings (SSSR count). The Morgan fingerprint density at radius 2 is 1.76 bits per heavy atom. The second kappa shape index (κ2) is 6.07. The van der Waals surface area contributed by atoms with E-state index in [1.807, 2.05) is 0 Å². The number of methoxy groups -OCH3 is 3. The zero-order valence-corrected chi connectivity index (χ0v) is 12.1. The number of rotatable bonds is 5. The van der Waals surface area contributed by atoms with Crippen LogP contribution in [0.3, 0.4) is 0 Å². The van der Waals surface area contributed by atoms with Crippen molar-refractivity contribution < 1.29 is 19.0 Å². The van der Waals surface area contributed by atoms with Crippen LogP contribution in [-0.4, -0.2) is 47.4 Å². The summed E-state index contributed by atoms with van der Waals surface area (Å²) in [6.07, 6.45) is 0. The number of hydrogen-bond donors (Lipinski definition) is 1. The number of ether oxygens (including phenoxy) is 3. The zero-order valence-electron chi connectivity index (χ0n) is 12.1. The van der Waals surface area contributed by atoms with Crippen LogP contribution in [0.25, 0.3) is 0 Å². The van der Waals surface area contributed by atoms with E-state index in [1.54, 1.807) is 7.05 Å².